The molecule has 0 bridgehead atoms. The molecule has 0 spiro atoms. The monoisotopic (exact) mass is 419 g/mol. The summed E-state index contributed by atoms with van der Waals surface area (Å²) in [6.07, 6.45) is 3.69. The van der Waals surface area contributed by atoms with Gasteiger partial charge in [0.25, 0.3) is 0 Å². The van der Waals surface area contributed by atoms with Crippen LogP contribution in [0.3, 0.4) is 0 Å². The Balaban J connectivity index is 0.00000182. The first-order valence-electron chi connectivity index (χ1n) is 9.25. The third kappa shape index (κ3) is 6.50. The molecule has 2 N–H and O–H groups in total. The molecule has 8 heteroatoms. The van der Waals surface area contributed by atoms with Gasteiger partial charge in [-0.3, -0.25) is 9.69 Å². The molecule has 2 fully saturated rings. The molecule has 2 atom stereocenters. The number of halogens is 2. The van der Waals surface area contributed by atoms with Crippen molar-refractivity contribution in [1.29, 1.82) is 0 Å². The molecule has 2 saturated heterocycles. The van der Waals surface area contributed by atoms with Gasteiger partial charge in [-0.1, -0.05) is 24.6 Å². The van der Waals surface area contributed by atoms with E-state index < -0.39 is 0 Å². The van der Waals surface area contributed by atoms with E-state index in [0.717, 1.165) is 30.9 Å². The van der Waals surface area contributed by atoms with Crippen LogP contribution in [0.25, 0.3) is 0 Å². The van der Waals surface area contributed by atoms with Crippen molar-refractivity contribution in [2.45, 2.75) is 31.3 Å². The Morgan fingerprint density at radius 3 is 2.70 bits per heavy atom. The van der Waals surface area contributed by atoms with Crippen LogP contribution in [0.2, 0.25) is 0 Å². The number of para-hydroxylation sites is 1. The summed E-state index contributed by atoms with van der Waals surface area (Å²) in [6, 6.07) is 7.99. The first-order valence-corrected chi connectivity index (χ1v) is 9.25. The third-order valence-electron chi connectivity index (χ3n) is 5.04. The predicted molar refractivity (Wildman–Crippen MR) is 111 cm³/mol. The first kappa shape index (κ1) is 24.0. The minimum Gasteiger partial charge on any atom is -0.496 e. The van der Waals surface area contributed by atoms with Crippen molar-refractivity contribution in [3.05, 3.63) is 29.8 Å². The van der Waals surface area contributed by atoms with Crippen LogP contribution in [0, 0.1) is 0 Å². The van der Waals surface area contributed by atoms with Crippen LogP contribution in [0.4, 0.5) is 0 Å². The number of hydrogen-bond donors (Lipinski definition) is 2. The van der Waals surface area contributed by atoms with Gasteiger partial charge in [-0.25, -0.2) is 0 Å². The Labute approximate surface area is 174 Å². The van der Waals surface area contributed by atoms with E-state index in [0.29, 0.717) is 19.8 Å². The summed E-state index contributed by atoms with van der Waals surface area (Å²) in [7, 11) is 1.70. The fourth-order valence-corrected chi connectivity index (χ4v) is 3.66. The zero-order valence-electron chi connectivity index (χ0n) is 15.8. The van der Waals surface area contributed by atoms with Gasteiger partial charge in [-0.05, 0) is 32.0 Å². The highest BCUT2D eigenvalue weighted by Crippen LogP contribution is 2.30. The van der Waals surface area contributed by atoms with Gasteiger partial charge in [0.1, 0.15) is 11.8 Å². The average molecular weight is 420 g/mol. The van der Waals surface area contributed by atoms with Crippen molar-refractivity contribution in [2.75, 3.05) is 46.5 Å². The maximum atomic E-state index is 12.5. The number of nitrogens with zero attached hydrogens (tertiary/aromatic N) is 1. The van der Waals surface area contributed by atoms with Gasteiger partial charge >= 0.3 is 0 Å². The van der Waals surface area contributed by atoms with Crippen LogP contribution in [0.5, 0.6) is 5.75 Å². The highest BCUT2D eigenvalue weighted by Gasteiger charge is 2.27. The molecule has 154 valence electrons. The SMILES string of the molecule is COc1ccccc1C(CNC(=O)C1COCCN1)N1CCCCC1.Cl.Cl. The molecule has 0 saturated carbocycles. The first-order chi connectivity index (χ1) is 12.3. The van der Waals surface area contributed by atoms with Crippen molar-refractivity contribution in [1.82, 2.24) is 15.5 Å². The molecule has 0 radical (unpaired) electrons. The second kappa shape index (κ2) is 12.4. The number of ether oxygens (including phenoxy) is 2. The van der Waals surface area contributed by atoms with Crippen molar-refractivity contribution in [3.63, 3.8) is 0 Å². The lowest BCUT2D eigenvalue weighted by atomic mass is 10.0. The van der Waals surface area contributed by atoms with E-state index in [1.807, 2.05) is 18.2 Å². The van der Waals surface area contributed by atoms with Gasteiger partial charge in [-0.2, -0.15) is 0 Å². The van der Waals surface area contributed by atoms with Gasteiger partial charge in [0, 0.05) is 18.7 Å². The fourth-order valence-electron chi connectivity index (χ4n) is 3.66. The number of rotatable bonds is 6. The van der Waals surface area contributed by atoms with Crippen molar-refractivity contribution in [3.8, 4) is 5.75 Å². The van der Waals surface area contributed by atoms with Gasteiger partial charge in [-0.15, -0.1) is 24.8 Å². The Hall–Kier alpha value is -1.05. The molecule has 0 aliphatic carbocycles. The number of hydrogen-bond acceptors (Lipinski definition) is 5. The van der Waals surface area contributed by atoms with E-state index in [2.05, 4.69) is 21.6 Å². The topological polar surface area (TPSA) is 62.8 Å². The standard InChI is InChI=1S/C19H29N3O3.2ClH/c1-24-18-8-4-3-7-15(18)17(22-10-5-2-6-11-22)13-21-19(23)16-14-25-12-9-20-16;;/h3-4,7-8,16-17,20H,2,5-6,9-14H2,1H3,(H,21,23);2*1H. The molecule has 1 amide bonds. The van der Waals surface area contributed by atoms with Crippen LogP contribution in [-0.4, -0.2) is 63.4 Å². The summed E-state index contributed by atoms with van der Waals surface area (Å²) in [4.78, 5) is 14.9. The minimum absolute atomic E-state index is 0. The van der Waals surface area contributed by atoms with Crippen LogP contribution < -0.4 is 15.4 Å². The third-order valence-corrected chi connectivity index (χ3v) is 5.04. The molecule has 6 nitrogen and oxygen atoms in total. The molecule has 27 heavy (non-hydrogen) atoms. The molecule has 2 aliphatic heterocycles. The summed E-state index contributed by atoms with van der Waals surface area (Å²) in [5.74, 6) is 0.892. The van der Waals surface area contributed by atoms with E-state index in [9.17, 15) is 4.79 Å². The number of morpholine rings is 1. The number of piperidine rings is 1. The second-order valence-electron chi connectivity index (χ2n) is 6.68. The lowest BCUT2D eigenvalue weighted by Crippen LogP contribution is -2.52. The Kier molecular flexibility index (Phi) is 11.0. The van der Waals surface area contributed by atoms with Crippen LogP contribution in [0.1, 0.15) is 30.9 Å². The molecule has 2 aliphatic rings. The molecule has 2 heterocycles. The number of amides is 1. The lowest BCUT2D eigenvalue weighted by Gasteiger charge is -2.36. The number of methoxy groups -OCH3 is 1. The smallest absolute Gasteiger partial charge is 0.239 e. The van der Waals surface area contributed by atoms with Crippen molar-refractivity contribution in [2.24, 2.45) is 0 Å². The quantitative estimate of drug-likeness (QED) is 0.739. The summed E-state index contributed by atoms with van der Waals surface area (Å²) >= 11 is 0. The van der Waals surface area contributed by atoms with E-state index >= 15 is 0 Å². The molecule has 1 aromatic rings. The van der Waals surface area contributed by atoms with Gasteiger partial charge in [0.2, 0.25) is 5.91 Å². The van der Waals surface area contributed by atoms with Crippen molar-refractivity contribution < 1.29 is 14.3 Å². The lowest BCUT2D eigenvalue weighted by molar-refractivity contribution is -0.126. The Morgan fingerprint density at radius 1 is 1.30 bits per heavy atom. The van der Waals surface area contributed by atoms with Crippen LogP contribution >= 0.6 is 24.8 Å². The number of likely N-dealkylation sites (tertiary alicyclic amines) is 1. The summed E-state index contributed by atoms with van der Waals surface area (Å²) in [5, 5.41) is 6.33. The van der Waals surface area contributed by atoms with E-state index in [1.54, 1.807) is 7.11 Å². The zero-order chi connectivity index (χ0) is 17.5. The molecule has 0 aromatic heterocycles. The second-order valence-corrected chi connectivity index (χ2v) is 6.68. The number of benzene rings is 1. The summed E-state index contributed by atoms with van der Waals surface area (Å²) in [5.41, 5.74) is 1.14. The van der Waals surface area contributed by atoms with Gasteiger partial charge in [0.05, 0.1) is 26.4 Å². The summed E-state index contributed by atoms with van der Waals surface area (Å²) < 4.78 is 11.0. The van der Waals surface area contributed by atoms with E-state index in [-0.39, 0.29) is 42.8 Å². The van der Waals surface area contributed by atoms with Crippen LogP contribution in [-0.2, 0) is 9.53 Å². The normalized spacial score (nSPS) is 21.3. The molecular formula is C19H31Cl2N3O3. The summed E-state index contributed by atoms with van der Waals surface area (Å²) in [6.45, 7) is 4.53. The highest BCUT2D eigenvalue weighted by molar-refractivity contribution is 5.85. The minimum atomic E-state index is -0.256. The van der Waals surface area contributed by atoms with Crippen molar-refractivity contribution >= 4 is 30.7 Å². The molecule has 3 rings (SSSR count). The Morgan fingerprint density at radius 2 is 2.04 bits per heavy atom. The Bertz CT molecular complexity index is 565. The maximum absolute atomic E-state index is 12.5. The van der Waals surface area contributed by atoms with E-state index in [1.165, 1.54) is 19.3 Å². The maximum Gasteiger partial charge on any atom is 0.239 e. The number of carbonyl (C=O) groups is 1. The number of nitrogens with one attached hydrogen (secondary N) is 2. The zero-order valence-corrected chi connectivity index (χ0v) is 17.4. The largest absolute Gasteiger partial charge is 0.496 e. The van der Waals surface area contributed by atoms with E-state index in [4.69, 9.17) is 9.47 Å². The molecular weight excluding hydrogens is 389 g/mol. The highest BCUT2D eigenvalue weighted by atomic mass is 35.5. The van der Waals surface area contributed by atoms with Crippen LogP contribution in [0.15, 0.2) is 24.3 Å². The molecule has 2 unspecified atom stereocenters. The predicted octanol–water partition coefficient (Wildman–Crippen LogP) is 2.17. The molecule has 1 aromatic carbocycles. The average Bonchev–Trinajstić information content (AvgIpc) is 2.70. The van der Waals surface area contributed by atoms with Gasteiger partial charge < -0.3 is 20.1 Å². The van der Waals surface area contributed by atoms with Gasteiger partial charge in [0.15, 0.2) is 0 Å². The number of carbonyl (C=O) groups excluding carboxylic acids is 1. The fraction of sp³-hybridized carbons (Fsp3) is 0.632.